The van der Waals surface area contributed by atoms with E-state index in [9.17, 15) is 4.39 Å². The van der Waals surface area contributed by atoms with E-state index in [0.717, 1.165) is 12.8 Å². The number of hydrogen-bond acceptors (Lipinski definition) is 2. The van der Waals surface area contributed by atoms with Crippen molar-refractivity contribution in [3.63, 3.8) is 0 Å². The van der Waals surface area contributed by atoms with Crippen LogP contribution in [-0.4, -0.2) is 12.6 Å². The van der Waals surface area contributed by atoms with Crippen LogP contribution < -0.4 is 10.5 Å². The molecule has 1 saturated carbocycles. The van der Waals surface area contributed by atoms with Gasteiger partial charge in [-0.05, 0) is 37.8 Å². The zero-order valence-electron chi connectivity index (χ0n) is 10.4. The molecule has 96 valence electrons. The standard InChI is InChI=1S/C15H18FNO/c16-15-11-14(9-8-12(15)5-4-10-17)18-13-6-2-1-3-7-13/h8-9,11,13H,1-3,6-7,10,17H2. The fourth-order valence-electron chi connectivity index (χ4n) is 2.19. The molecule has 0 saturated heterocycles. The third-order valence-electron chi connectivity index (χ3n) is 3.12. The molecule has 2 rings (SSSR count). The molecule has 0 aromatic heterocycles. The first-order valence-electron chi connectivity index (χ1n) is 6.45. The molecule has 1 fully saturated rings. The Bertz CT molecular complexity index is 455. The van der Waals surface area contributed by atoms with Crippen molar-refractivity contribution >= 4 is 0 Å². The van der Waals surface area contributed by atoms with Crippen LogP contribution in [0.2, 0.25) is 0 Å². The molecule has 1 aromatic rings. The molecule has 18 heavy (non-hydrogen) atoms. The van der Waals surface area contributed by atoms with Gasteiger partial charge in [0.25, 0.3) is 0 Å². The van der Waals surface area contributed by atoms with Crippen molar-refractivity contribution in [2.45, 2.75) is 38.2 Å². The summed E-state index contributed by atoms with van der Waals surface area (Å²) in [4.78, 5) is 0. The molecule has 2 nitrogen and oxygen atoms in total. The topological polar surface area (TPSA) is 35.2 Å². The summed E-state index contributed by atoms with van der Waals surface area (Å²) in [6.07, 6.45) is 6.05. The first-order valence-corrected chi connectivity index (χ1v) is 6.45. The van der Waals surface area contributed by atoms with E-state index >= 15 is 0 Å². The Morgan fingerprint density at radius 3 is 2.72 bits per heavy atom. The number of rotatable bonds is 2. The van der Waals surface area contributed by atoms with E-state index in [0.29, 0.717) is 11.3 Å². The monoisotopic (exact) mass is 247 g/mol. The molecule has 0 radical (unpaired) electrons. The van der Waals surface area contributed by atoms with E-state index in [4.69, 9.17) is 10.5 Å². The minimum absolute atomic E-state index is 0.235. The van der Waals surface area contributed by atoms with Crippen LogP contribution in [0.15, 0.2) is 18.2 Å². The molecule has 1 aliphatic rings. The quantitative estimate of drug-likeness (QED) is 0.816. The Kier molecular flexibility index (Phi) is 4.60. The van der Waals surface area contributed by atoms with E-state index in [1.54, 1.807) is 12.1 Å². The van der Waals surface area contributed by atoms with E-state index in [1.807, 2.05) is 0 Å². The van der Waals surface area contributed by atoms with Crippen molar-refractivity contribution in [2.75, 3.05) is 6.54 Å². The maximum Gasteiger partial charge on any atom is 0.142 e. The van der Waals surface area contributed by atoms with E-state index in [-0.39, 0.29) is 18.5 Å². The molecule has 1 aromatic carbocycles. The van der Waals surface area contributed by atoms with Crippen LogP contribution in [0.3, 0.4) is 0 Å². The zero-order chi connectivity index (χ0) is 12.8. The van der Waals surface area contributed by atoms with Gasteiger partial charge in [0.15, 0.2) is 0 Å². The summed E-state index contributed by atoms with van der Waals surface area (Å²) in [5.41, 5.74) is 5.63. The normalized spacial score (nSPS) is 15.9. The second-order valence-corrected chi connectivity index (χ2v) is 4.53. The van der Waals surface area contributed by atoms with Gasteiger partial charge in [-0.3, -0.25) is 0 Å². The van der Waals surface area contributed by atoms with Crippen molar-refractivity contribution in [1.82, 2.24) is 0 Å². The lowest BCUT2D eigenvalue weighted by atomic mass is 9.98. The first-order chi connectivity index (χ1) is 8.79. The van der Waals surface area contributed by atoms with E-state index < -0.39 is 0 Å². The van der Waals surface area contributed by atoms with E-state index in [1.165, 1.54) is 25.3 Å². The Hall–Kier alpha value is -1.53. The summed E-state index contributed by atoms with van der Waals surface area (Å²) >= 11 is 0. The fourth-order valence-corrected chi connectivity index (χ4v) is 2.19. The van der Waals surface area contributed by atoms with Crippen molar-refractivity contribution in [1.29, 1.82) is 0 Å². The van der Waals surface area contributed by atoms with E-state index in [2.05, 4.69) is 11.8 Å². The molecule has 0 bridgehead atoms. The highest BCUT2D eigenvalue weighted by Gasteiger charge is 2.15. The first kappa shape index (κ1) is 12.9. The zero-order valence-corrected chi connectivity index (χ0v) is 10.4. The second-order valence-electron chi connectivity index (χ2n) is 4.53. The van der Waals surface area contributed by atoms with Gasteiger partial charge in [0.05, 0.1) is 18.2 Å². The number of ether oxygens (including phenoxy) is 1. The van der Waals surface area contributed by atoms with Crippen LogP contribution in [0.25, 0.3) is 0 Å². The molecule has 0 atom stereocenters. The fraction of sp³-hybridized carbons (Fsp3) is 0.467. The number of hydrogen-bond donors (Lipinski definition) is 1. The highest BCUT2D eigenvalue weighted by Crippen LogP contribution is 2.24. The van der Waals surface area contributed by atoms with Gasteiger partial charge < -0.3 is 10.5 Å². The Morgan fingerprint density at radius 2 is 2.06 bits per heavy atom. The Balaban J connectivity index is 2.03. The maximum absolute atomic E-state index is 13.7. The van der Waals surface area contributed by atoms with Crippen LogP contribution in [-0.2, 0) is 0 Å². The van der Waals surface area contributed by atoms with Gasteiger partial charge in [-0.1, -0.05) is 18.3 Å². The SMILES string of the molecule is NCC#Cc1ccc(OC2CCCCC2)cc1F. The van der Waals surface area contributed by atoms with Crippen molar-refractivity contribution in [3.05, 3.63) is 29.6 Å². The number of nitrogens with two attached hydrogens (primary N) is 1. The van der Waals surface area contributed by atoms with Crippen LogP contribution in [0.1, 0.15) is 37.7 Å². The number of halogens is 1. The van der Waals surface area contributed by atoms with Gasteiger partial charge in [-0.2, -0.15) is 0 Å². The van der Waals surface area contributed by atoms with Gasteiger partial charge in [-0.25, -0.2) is 4.39 Å². The lowest BCUT2D eigenvalue weighted by Crippen LogP contribution is -2.19. The lowest BCUT2D eigenvalue weighted by molar-refractivity contribution is 0.154. The predicted octanol–water partition coefficient (Wildman–Crippen LogP) is 2.85. The molecule has 0 spiro atoms. The summed E-state index contributed by atoms with van der Waals surface area (Å²) in [7, 11) is 0. The predicted molar refractivity (Wildman–Crippen MR) is 69.8 cm³/mol. The molecule has 0 unspecified atom stereocenters. The summed E-state index contributed by atoms with van der Waals surface area (Å²) in [5, 5.41) is 0. The highest BCUT2D eigenvalue weighted by atomic mass is 19.1. The number of benzene rings is 1. The molecule has 1 aliphatic carbocycles. The summed E-state index contributed by atoms with van der Waals surface area (Å²) in [6.45, 7) is 0.236. The molecule has 0 aliphatic heterocycles. The smallest absolute Gasteiger partial charge is 0.142 e. The summed E-state index contributed by atoms with van der Waals surface area (Å²) in [5.74, 6) is 5.59. The minimum atomic E-state index is -0.343. The molecular formula is C15H18FNO. The third-order valence-corrected chi connectivity index (χ3v) is 3.12. The van der Waals surface area contributed by atoms with Crippen molar-refractivity contribution < 1.29 is 9.13 Å². The van der Waals surface area contributed by atoms with Gasteiger partial charge in [0.2, 0.25) is 0 Å². The molecule has 0 amide bonds. The molecule has 0 heterocycles. The summed E-state index contributed by atoms with van der Waals surface area (Å²) in [6, 6.07) is 4.84. The van der Waals surface area contributed by atoms with Gasteiger partial charge in [-0.15, -0.1) is 0 Å². The Labute approximate surface area is 107 Å². The average Bonchev–Trinajstić information content (AvgIpc) is 2.39. The minimum Gasteiger partial charge on any atom is -0.490 e. The van der Waals surface area contributed by atoms with Crippen molar-refractivity contribution in [3.8, 4) is 17.6 Å². The van der Waals surface area contributed by atoms with Gasteiger partial charge in [0.1, 0.15) is 11.6 Å². The lowest BCUT2D eigenvalue weighted by Gasteiger charge is -2.23. The largest absolute Gasteiger partial charge is 0.490 e. The van der Waals surface area contributed by atoms with Gasteiger partial charge in [0, 0.05) is 6.07 Å². The average molecular weight is 247 g/mol. The molecule has 3 heteroatoms. The molecular weight excluding hydrogens is 229 g/mol. The van der Waals surface area contributed by atoms with Crippen LogP contribution >= 0.6 is 0 Å². The maximum atomic E-state index is 13.7. The van der Waals surface area contributed by atoms with Crippen molar-refractivity contribution in [2.24, 2.45) is 5.73 Å². The van der Waals surface area contributed by atoms with Crippen LogP contribution in [0, 0.1) is 17.7 Å². The van der Waals surface area contributed by atoms with Gasteiger partial charge >= 0.3 is 0 Å². The van der Waals surface area contributed by atoms with Crippen LogP contribution in [0.5, 0.6) is 5.75 Å². The molecule has 2 N–H and O–H groups in total. The third kappa shape index (κ3) is 3.48. The second kappa shape index (κ2) is 6.42. The summed E-state index contributed by atoms with van der Waals surface area (Å²) < 4.78 is 19.5. The Morgan fingerprint density at radius 1 is 1.28 bits per heavy atom. The highest BCUT2D eigenvalue weighted by molar-refractivity contribution is 5.39. The van der Waals surface area contributed by atoms with Crippen LogP contribution in [0.4, 0.5) is 4.39 Å².